The van der Waals surface area contributed by atoms with Gasteiger partial charge in [0.25, 0.3) is 0 Å². The van der Waals surface area contributed by atoms with Gasteiger partial charge in [0.15, 0.2) is 5.56 Å². The smallest absolute Gasteiger partial charge is 0.190 e. The molecular formula is C5H2N3OReS2-. The summed E-state index contributed by atoms with van der Waals surface area (Å²) in [6.07, 6.45) is 0. The minimum Gasteiger partial charge on any atom is -0.432 e. The van der Waals surface area contributed by atoms with Crippen LogP contribution in [-0.4, -0.2) is 9.97 Å². The van der Waals surface area contributed by atoms with Crippen LogP contribution in [0.2, 0.25) is 0 Å². The second-order valence-corrected chi connectivity index (χ2v) is 3.12. The Bertz CT molecular complexity index is 499. The van der Waals surface area contributed by atoms with Crippen molar-refractivity contribution < 1.29 is 20.4 Å². The molecule has 0 amide bonds. The average Bonchev–Trinajstić information content (AvgIpc) is 2.34. The van der Waals surface area contributed by atoms with Crippen LogP contribution < -0.4 is 10.5 Å². The number of thiazole rings is 1. The van der Waals surface area contributed by atoms with Gasteiger partial charge in [0.2, 0.25) is 0 Å². The number of nitrogens with zero attached hydrogens (tertiary/aromatic N) is 2. The zero-order chi connectivity index (χ0) is 7.84. The summed E-state index contributed by atoms with van der Waals surface area (Å²) in [7, 11) is 0. The first kappa shape index (κ1) is 9.74. The molecule has 0 spiro atoms. The maximum absolute atomic E-state index is 11.0. The van der Waals surface area contributed by atoms with Crippen molar-refractivity contribution in [2.45, 2.75) is 0 Å². The van der Waals surface area contributed by atoms with Crippen molar-refractivity contribution in [2.24, 2.45) is 0 Å². The third-order valence-corrected chi connectivity index (χ3v) is 2.20. The first-order valence-corrected chi connectivity index (χ1v) is 4.06. The van der Waals surface area contributed by atoms with E-state index in [9.17, 15) is 4.79 Å². The van der Waals surface area contributed by atoms with E-state index in [4.69, 9.17) is 12.2 Å². The van der Waals surface area contributed by atoms with Gasteiger partial charge in [-0.3, -0.25) is 4.79 Å². The minimum atomic E-state index is -0.300. The van der Waals surface area contributed by atoms with E-state index in [-0.39, 0.29) is 30.8 Å². The van der Waals surface area contributed by atoms with Gasteiger partial charge in [0.1, 0.15) is 0 Å². The molecule has 0 fully saturated rings. The van der Waals surface area contributed by atoms with Gasteiger partial charge in [-0.2, -0.15) is 0 Å². The van der Waals surface area contributed by atoms with E-state index in [2.05, 4.69) is 15.0 Å². The van der Waals surface area contributed by atoms with Crippen molar-refractivity contribution >= 4 is 33.9 Å². The molecule has 2 heterocycles. The number of hydrogen-bond acceptors (Lipinski definition) is 4. The van der Waals surface area contributed by atoms with E-state index < -0.39 is 0 Å². The molecule has 4 nitrogen and oxygen atoms in total. The van der Waals surface area contributed by atoms with E-state index in [0.29, 0.717) is 10.3 Å². The summed E-state index contributed by atoms with van der Waals surface area (Å²) in [5, 5.41) is 0. The van der Waals surface area contributed by atoms with E-state index in [1.165, 1.54) is 11.3 Å². The Morgan fingerprint density at radius 2 is 2.42 bits per heavy atom. The summed E-state index contributed by atoms with van der Waals surface area (Å²) in [4.78, 5) is 21.2. The predicted molar refractivity (Wildman–Crippen MR) is 44.4 cm³/mol. The van der Waals surface area contributed by atoms with Gasteiger partial charge >= 0.3 is 0 Å². The van der Waals surface area contributed by atoms with Crippen molar-refractivity contribution in [1.29, 1.82) is 0 Å². The molecule has 0 unspecified atom stereocenters. The van der Waals surface area contributed by atoms with Crippen molar-refractivity contribution in [2.75, 3.05) is 0 Å². The molecule has 2 rings (SSSR count). The molecule has 0 aromatic carbocycles. The van der Waals surface area contributed by atoms with Crippen LogP contribution in [0.4, 0.5) is 0 Å². The zero-order valence-electron chi connectivity index (χ0n) is 5.57. The first-order chi connectivity index (χ1) is 5.27. The van der Waals surface area contributed by atoms with Gasteiger partial charge < -0.3 is 9.97 Å². The molecular weight excluding hydrogens is 368 g/mol. The quantitative estimate of drug-likeness (QED) is 0.693. The summed E-state index contributed by atoms with van der Waals surface area (Å²) >= 11 is 5.95. The number of aromatic amines is 1. The van der Waals surface area contributed by atoms with E-state index in [1.807, 2.05) is 0 Å². The molecule has 2 aromatic rings. The fraction of sp³-hybridized carbons (Fsp3) is 0. The number of aromatic nitrogens is 3. The molecule has 7 heteroatoms. The molecule has 1 radical (unpaired) electrons. The van der Waals surface area contributed by atoms with Gasteiger partial charge in [0, 0.05) is 25.2 Å². The standard InChI is InChI=1S/C5H3N3OS2.Re/c9-4-2-3(6-1-11-2)7-5(10)8-4;/h1H,(H2,7,8,9,10);/p-1. The molecule has 1 N–H and O–H groups in total. The van der Waals surface area contributed by atoms with E-state index >= 15 is 0 Å². The Hall–Kier alpha value is -0.348. The van der Waals surface area contributed by atoms with Crippen molar-refractivity contribution in [3.8, 4) is 0 Å². The summed E-state index contributed by atoms with van der Waals surface area (Å²) in [6.45, 7) is 0. The van der Waals surface area contributed by atoms with Gasteiger partial charge in [-0.1, -0.05) is 12.2 Å². The summed E-state index contributed by atoms with van der Waals surface area (Å²) in [6, 6.07) is 0. The molecule has 0 aliphatic heterocycles. The molecule has 2 aromatic heterocycles. The van der Waals surface area contributed by atoms with Crippen molar-refractivity contribution in [3.05, 3.63) is 20.6 Å². The summed E-state index contributed by atoms with van der Waals surface area (Å²) < 4.78 is 0.715. The van der Waals surface area contributed by atoms with Crippen molar-refractivity contribution in [3.63, 3.8) is 0 Å². The van der Waals surface area contributed by atoms with E-state index in [0.717, 1.165) is 0 Å². The number of H-pyrrole nitrogens is 1. The van der Waals surface area contributed by atoms with Gasteiger partial charge in [-0.05, 0) is 0 Å². The van der Waals surface area contributed by atoms with Crippen LogP contribution >= 0.6 is 23.6 Å². The minimum absolute atomic E-state index is 0. The molecule has 12 heavy (non-hydrogen) atoms. The van der Waals surface area contributed by atoms with Gasteiger partial charge in [0.05, 0.1) is 15.9 Å². The Kier molecular flexibility index (Phi) is 2.90. The first-order valence-electron chi connectivity index (χ1n) is 2.78. The Morgan fingerprint density at radius 3 is 3.17 bits per heavy atom. The third kappa shape index (κ3) is 1.54. The van der Waals surface area contributed by atoms with Crippen LogP contribution in [0, 0.1) is 4.77 Å². The zero-order valence-corrected chi connectivity index (χ0v) is 9.92. The van der Waals surface area contributed by atoms with Crippen LogP contribution in [0.15, 0.2) is 10.3 Å². The summed E-state index contributed by atoms with van der Waals surface area (Å²) in [5.74, 6) is 0. The van der Waals surface area contributed by atoms with Crippen LogP contribution in [0.5, 0.6) is 0 Å². The number of rotatable bonds is 0. The number of fused-ring (bicyclic) bond motifs is 1. The topological polar surface area (TPSA) is 59.9 Å². The molecule has 63 valence electrons. The molecule has 0 aliphatic carbocycles. The third-order valence-electron chi connectivity index (χ3n) is 1.19. The molecule has 0 saturated heterocycles. The van der Waals surface area contributed by atoms with Crippen LogP contribution in [0.3, 0.4) is 0 Å². The monoisotopic (exact) mass is 371 g/mol. The molecule has 0 aliphatic rings. The molecule has 0 bridgehead atoms. The molecule has 0 atom stereocenters. The predicted octanol–water partition coefficient (Wildman–Crippen LogP) is 0.669. The van der Waals surface area contributed by atoms with Crippen molar-refractivity contribution in [1.82, 2.24) is 15.0 Å². The van der Waals surface area contributed by atoms with Crippen LogP contribution in [0.25, 0.3) is 10.3 Å². The van der Waals surface area contributed by atoms with Gasteiger partial charge in [-0.25, -0.2) is 4.98 Å². The van der Waals surface area contributed by atoms with Gasteiger partial charge in [-0.15, -0.1) is 11.3 Å². The second kappa shape index (κ2) is 3.58. The second-order valence-electron chi connectivity index (χ2n) is 1.88. The fourth-order valence-corrected chi connectivity index (χ4v) is 1.56. The maximum atomic E-state index is 11.0. The largest absolute Gasteiger partial charge is 0.432 e. The van der Waals surface area contributed by atoms with Crippen LogP contribution in [-0.2, 0) is 20.4 Å². The van der Waals surface area contributed by atoms with Crippen LogP contribution in [0.1, 0.15) is 0 Å². The number of hydrogen-bond donors (Lipinski definition) is 1. The van der Waals surface area contributed by atoms with E-state index in [1.54, 1.807) is 5.51 Å². The Balaban J connectivity index is 0.000000720. The molecule has 0 saturated carbocycles. The summed E-state index contributed by atoms with van der Waals surface area (Å²) in [5.41, 5.74) is 1.81. The Morgan fingerprint density at radius 1 is 1.67 bits per heavy atom. The SMILES string of the molecule is O=c1[n-]c(=S)[nH]c2ncsc12.[Re]. The number of nitrogens with one attached hydrogen (secondary N) is 1. The Labute approximate surface area is 89.7 Å². The normalized spacial score (nSPS) is 9.67. The fourth-order valence-electron chi connectivity index (χ4n) is 0.759. The average molecular weight is 370 g/mol. The maximum Gasteiger partial charge on any atom is 0.190 e.